The smallest absolute Gasteiger partial charge is 0.273 e. The van der Waals surface area contributed by atoms with Crippen LogP contribution < -0.4 is 4.74 Å². The molecule has 0 saturated heterocycles. The minimum absolute atomic E-state index is 0.0712. The molecule has 0 N–H and O–H groups in total. The number of nitro groups is 1. The second kappa shape index (κ2) is 5.57. The van der Waals surface area contributed by atoms with Gasteiger partial charge in [0.05, 0.1) is 18.1 Å². The van der Waals surface area contributed by atoms with Gasteiger partial charge in [-0.3, -0.25) is 10.1 Å². The van der Waals surface area contributed by atoms with Gasteiger partial charge in [0.2, 0.25) is 0 Å². The molecule has 0 spiro atoms. The largest absolute Gasteiger partial charge is 0.496 e. The third-order valence-corrected chi connectivity index (χ3v) is 3.81. The standard InChI is InChI=1S/C13H16ClNO3/c1-18-12-7-9(6-11(8-12)15(16)17)2-5-13(14)10-3-4-10/h6-8,10,13H,2-5H2,1H3. The fraction of sp³-hybridized carbons (Fsp3) is 0.538. The molecule has 1 aromatic rings. The monoisotopic (exact) mass is 269 g/mol. The Labute approximate surface area is 111 Å². The average molecular weight is 270 g/mol. The third kappa shape index (κ3) is 3.35. The van der Waals surface area contributed by atoms with Crippen molar-refractivity contribution in [2.45, 2.75) is 31.1 Å². The predicted octanol–water partition coefficient (Wildman–Crippen LogP) is 3.55. The molecule has 4 nitrogen and oxygen atoms in total. The second-order valence-electron chi connectivity index (χ2n) is 4.69. The molecule has 1 aliphatic carbocycles. The molecule has 1 fully saturated rings. The average Bonchev–Trinajstić information content (AvgIpc) is 3.19. The van der Waals surface area contributed by atoms with Crippen LogP contribution in [-0.4, -0.2) is 17.4 Å². The number of halogens is 1. The molecular formula is C13H16ClNO3. The first kappa shape index (κ1) is 13.1. The number of rotatable bonds is 6. The maximum absolute atomic E-state index is 10.8. The van der Waals surface area contributed by atoms with Crippen molar-refractivity contribution in [3.63, 3.8) is 0 Å². The van der Waals surface area contributed by atoms with E-state index in [0.29, 0.717) is 11.7 Å². The van der Waals surface area contributed by atoms with E-state index >= 15 is 0 Å². The maximum atomic E-state index is 10.8. The summed E-state index contributed by atoms with van der Waals surface area (Å²) in [5.74, 6) is 1.17. The molecule has 1 atom stereocenters. The molecule has 0 amide bonds. The van der Waals surface area contributed by atoms with Gasteiger partial charge in [-0.1, -0.05) is 0 Å². The SMILES string of the molecule is COc1cc(CCC(Cl)C2CC2)cc([N+](=O)[O-])c1. The highest BCUT2D eigenvalue weighted by atomic mass is 35.5. The Morgan fingerprint density at radius 1 is 1.50 bits per heavy atom. The summed E-state index contributed by atoms with van der Waals surface area (Å²) >= 11 is 6.24. The Kier molecular flexibility index (Phi) is 4.07. The lowest BCUT2D eigenvalue weighted by atomic mass is 10.1. The molecule has 1 aliphatic rings. The fourth-order valence-corrected chi connectivity index (χ4v) is 2.37. The van der Waals surface area contributed by atoms with E-state index in [-0.39, 0.29) is 11.1 Å². The highest BCUT2D eigenvalue weighted by molar-refractivity contribution is 6.20. The summed E-state index contributed by atoms with van der Waals surface area (Å²) in [5.41, 5.74) is 0.981. The third-order valence-electron chi connectivity index (χ3n) is 3.24. The maximum Gasteiger partial charge on any atom is 0.273 e. The normalized spacial score (nSPS) is 16.3. The summed E-state index contributed by atoms with van der Waals surface area (Å²) in [6, 6.07) is 4.87. The highest BCUT2D eigenvalue weighted by Crippen LogP contribution is 2.37. The Morgan fingerprint density at radius 3 is 2.78 bits per heavy atom. The highest BCUT2D eigenvalue weighted by Gasteiger charge is 2.29. The number of non-ortho nitro benzene ring substituents is 1. The van der Waals surface area contributed by atoms with Crippen LogP contribution in [0.4, 0.5) is 5.69 Å². The van der Waals surface area contributed by atoms with Gasteiger partial charge < -0.3 is 4.74 Å². The molecule has 0 heterocycles. The van der Waals surface area contributed by atoms with Crippen LogP contribution in [0.1, 0.15) is 24.8 Å². The van der Waals surface area contributed by atoms with Crippen molar-refractivity contribution in [3.8, 4) is 5.75 Å². The van der Waals surface area contributed by atoms with Crippen molar-refractivity contribution < 1.29 is 9.66 Å². The molecule has 98 valence electrons. The lowest BCUT2D eigenvalue weighted by Crippen LogP contribution is -2.03. The number of nitrogens with zero attached hydrogens (tertiary/aromatic N) is 1. The molecule has 18 heavy (non-hydrogen) atoms. The number of alkyl halides is 1. The van der Waals surface area contributed by atoms with Crippen molar-refractivity contribution in [3.05, 3.63) is 33.9 Å². The van der Waals surface area contributed by atoms with Gasteiger partial charge in [0.25, 0.3) is 5.69 Å². The topological polar surface area (TPSA) is 52.4 Å². The minimum atomic E-state index is -0.398. The number of hydrogen-bond donors (Lipinski definition) is 0. The zero-order valence-electron chi connectivity index (χ0n) is 10.3. The van der Waals surface area contributed by atoms with Gasteiger partial charge in [-0.05, 0) is 43.2 Å². The van der Waals surface area contributed by atoms with Crippen LogP contribution in [-0.2, 0) is 6.42 Å². The second-order valence-corrected chi connectivity index (χ2v) is 5.25. The molecule has 0 bridgehead atoms. The van der Waals surface area contributed by atoms with Gasteiger partial charge in [0.1, 0.15) is 5.75 Å². The number of benzene rings is 1. The number of nitro benzene ring substituents is 1. The van der Waals surface area contributed by atoms with Crippen molar-refractivity contribution in [2.75, 3.05) is 7.11 Å². The fourth-order valence-electron chi connectivity index (χ4n) is 2.01. The molecule has 1 saturated carbocycles. The van der Waals surface area contributed by atoms with Gasteiger partial charge >= 0.3 is 0 Å². The Bertz CT molecular complexity index is 446. The van der Waals surface area contributed by atoms with Gasteiger partial charge in [-0.2, -0.15) is 0 Å². The first-order valence-corrected chi connectivity index (χ1v) is 6.50. The summed E-state index contributed by atoms with van der Waals surface area (Å²) < 4.78 is 5.07. The molecule has 5 heteroatoms. The van der Waals surface area contributed by atoms with Crippen LogP contribution in [0.15, 0.2) is 18.2 Å². The van der Waals surface area contributed by atoms with E-state index in [2.05, 4.69) is 0 Å². The van der Waals surface area contributed by atoms with Crippen LogP contribution in [0.2, 0.25) is 0 Å². The van der Waals surface area contributed by atoms with Crippen LogP contribution in [0.5, 0.6) is 5.75 Å². The van der Waals surface area contributed by atoms with Crippen LogP contribution in [0.3, 0.4) is 0 Å². The van der Waals surface area contributed by atoms with Crippen molar-refractivity contribution in [1.82, 2.24) is 0 Å². The Hall–Kier alpha value is -1.29. The zero-order valence-corrected chi connectivity index (χ0v) is 11.0. The van der Waals surface area contributed by atoms with Gasteiger partial charge in [0.15, 0.2) is 0 Å². The minimum Gasteiger partial charge on any atom is -0.496 e. The molecule has 0 aromatic heterocycles. The van der Waals surface area contributed by atoms with E-state index in [1.165, 1.54) is 26.0 Å². The lowest BCUT2D eigenvalue weighted by molar-refractivity contribution is -0.385. The molecule has 0 radical (unpaired) electrons. The Morgan fingerprint density at radius 2 is 2.22 bits per heavy atom. The number of aryl methyl sites for hydroxylation is 1. The van der Waals surface area contributed by atoms with E-state index in [1.54, 1.807) is 6.07 Å². The molecule has 1 unspecified atom stereocenters. The van der Waals surface area contributed by atoms with E-state index in [1.807, 2.05) is 6.07 Å². The van der Waals surface area contributed by atoms with Crippen molar-refractivity contribution >= 4 is 17.3 Å². The number of methoxy groups -OCH3 is 1. The van der Waals surface area contributed by atoms with Gasteiger partial charge in [-0.15, -0.1) is 11.6 Å². The Balaban J connectivity index is 2.05. The summed E-state index contributed by atoms with van der Waals surface area (Å²) in [5, 5.41) is 11.0. The van der Waals surface area contributed by atoms with Crippen molar-refractivity contribution in [1.29, 1.82) is 0 Å². The molecule has 2 rings (SSSR count). The summed E-state index contributed by atoms with van der Waals surface area (Å²) in [4.78, 5) is 10.4. The van der Waals surface area contributed by atoms with Crippen LogP contribution in [0.25, 0.3) is 0 Å². The summed E-state index contributed by atoms with van der Waals surface area (Å²) in [6.07, 6.45) is 4.04. The van der Waals surface area contributed by atoms with Gasteiger partial charge in [-0.25, -0.2) is 0 Å². The summed E-state index contributed by atoms with van der Waals surface area (Å²) in [6.45, 7) is 0. The summed E-state index contributed by atoms with van der Waals surface area (Å²) in [7, 11) is 1.51. The number of ether oxygens (including phenoxy) is 1. The van der Waals surface area contributed by atoms with E-state index < -0.39 is 4.92 Å². The molecule has 1 aromatic carbocycles. The molecule has 0 aliphatic heterocycles. The first-order chi connectivity index (χ1) is 8.60. The van der Waals surface area contributed by atoms with E-state index in [0.717, 1.165) is 18.4 Å². The number of hydrogen-bond acceptors (Lipinski definition) is 3. The van der Waals surface area contributed by atoms with Crippen LogP contribution in [0, 0.1) is 16.0 Å². The predicted molar refractivity (Wildman–Crippen MR) is 70.3 cm³/mol. The lowest BCUT2D eigenvalue weighted by Gasteiger charge is -2.08. The molecular weight excluding hydrogens is 254 g/mol. The van der Waals surface area contributed by atoms with Gasteiger partial charge in [0, 0.05) is 11.4 Å². The van der Waals surface area contributed by atoms with E-state index in [4.69, 9.17) is 16.3 Å². The van der Waals surface area contributed by atoms with Crippen molar-refractivity contribution in [2.24, 2.45) is 5.92 Å². The quantitative estimate of drug-likeness (QED) is 0.451. The van der Waals surface area contributed by atoms with Crippen LogP contribution >= 0.6 is 11.6 Å². The van der Waals surface area contributed by atoms with E-state index in [9.17, 15) is 10.1 Å². The zero-order chi connectivity index (χ0) is 13.1. The first-order valence-electron chi connectivity index (χ1n) is 6.06.